The third-order valence-electron chi connectivity index (χ3n) is 10.9. The Morgan fingerprint density at radius 2 is 1.20 bits per heavy atom. The van der Waals surface area contributed by atoms with Gasteiger partial charge in [-0.25, -0.2) is 4.79 Å². The molecular weight excluding hydrogens is 711 g/mol. The van der Waals surface area contributed by atoms with Crippen molar-refractivity contribution in [1.82, 2.24) is 16.0 Å². The molecule has 2 aliphatic heterocycles. The largest absolute Gasteiger partial charge is 0.460 e. The molecule has 2 heterocycles. The minimum absolute atomic E-state index is 0.157. The summed E-state index contributed by atoms with van der Waals surface area (Å²) in [7, 11) is 0. The summed E-state index contributed by atoms with van der Waals surface area (Å²) in [5.41, 5.74) is 1.80. The van der Waals surface area contributed by atoms with E-state index in [-0.39, 0.29) is 31.7 Å². The molecule has 8 atom stereocenters. The fourth-order valence-corrected chi connectivity index (χ4v) is 7.22. The molecular formula is C45H67N3O8. The minimum atomic E-state index is -1.21. The van der Waals surface area contributed by atoms with E-state index >= 15 is 0 Å². The molecule has 310 valence electrons. The van der Waals surface area contributed by atoms with Gasteiger partial charge in [-0.15, -0.1) is 0 Å². The maximum Gasteiger partial charge on any atom is 0.331 e. The van der Waals surface area contributed by atoms with Gasteiger partial charge in [0.1, 0.15) is 24.3 Å². The molecule has 56 heavy (non-hydrogen) atoms. The van der Waals surface area contributed by atoms with Crippen molar-refractivity contribution in [2.24, 2.45) is 11.8 Å². The van der Waals surface area contributed by atoms with Crippen LogP contribution in [0.15, 0.2) is 60.7 Å². The van der Waals surface area contributed by atoms with Crippen LogP contribution in [0.25, 0.3) is 0 Å². The van der Waals surface area contributed by atoms with Gasteiger partial charge in [0, 0.05) is 5.92 Å². The molecule has 2 fully saturated rings. The zero-order valence-electron chi connectivity index (χ0n) is 34.3. The topological polar surface area (TPSA) is 145 Å². The second-order valence-corrected chi connectivity index (χ2v) is 16.0. The zero-order valence-corrected chi connectivity index (χ0v) is 34.3. The summed E-state index contributed by atoms with van der Waals surface area (Å²) in [4.78, 5) is 55.7. The number of hydrogen-bond donors (Lipinski definition) is 3. The fourth-order valence-electron chi connectivity index (χ4n) is 7.22. The van der Waals surface area contributed by atoms with E-state index < -0.39 is 66.2 Å². The van der Waals surface area contributed by atoms with Gasteiger partial charge in [-0.2, -0.15) is 0 Å². The highest BCUT2D eigenvalue weighted by Crippen LogP contribution is 2.35. The average Bonchev–Trinajstić information content (AvgIpc) is 4.00. The molecule has 2 saturated heterocycles. The number of rotatable bonds is 21. The van der Waals surface area contributed by atoms with Crippen LogP contribution < -0.4 is 16.0 Å². The van der Waals surface area contributed by atoms with Crippen LogP contribution in [0.1, 0.15) is 123 Å². The van der Waals surface area contributed by atoms with Crippen LogP contribution in [0.4, 0.5) is 0 Å². The first-order valence-electron chi connectivity index (χ1n) is 21.1. The van der Waals surface area contributed by atoms with E-state index in [1.54, 1.807) is 6.92 Å². The molecule has 2 aliphatic rings. The van der Waals surface area contributed by atoms with Crippen molar-refractivity contribution >= 4 is 23.7 Å². The van der Waals surface area contributed by atoms with E-state index in [9.17, 15) is 19.2 Å². The second kappa shape index (κ2) is 24.1. The first-order chi connectivity index (χ1) is 27.1. The van der Waals surface area contributed by atoms with Crippen molar-refractivity contribution in [3.05, 3.63) is 71.8 Å². The van der Waals surface area contributed by atoms with E-state index in [1.165, 1.54) is 51.4 Å². The van der Waals surface area contributed by atoms with Gasteiger partial charge in [0.2, 0.25) is 11.8 Å². The van der Waals surface area contributed by atoms with Crippen LogP contribution in [-0.2, 0) is 51.3 Å². The molecule has 2 aromatic carbocycles. The highest BCUT2D eigenvalue weighted by Gasteiger charge is 2.52. The van der Waals surface area contributed by atoms with E-state index in [2.05, 4.69) is 22.9 Å². The standard InChI is InChI=1S/C45H67N3O8/c1-6-7-8-9-10-11-12-13-14-15-22-27-37-32(4)40-41(56-40)44(51)47-38(31(2)3)42(49)48-39(33(5)54-29-35-25-20-17-21-26-35)43(50)46-36(45(52)55-37)30-53-28-34-23-18-16-19-24-34/h16-21,23-26,31-33,36-41H,6-15,22,27-30H2,1-5H3,(H,46,50)(H,47,51)(H,48,49)/t32-,33-,36+,37-,38+,39+,40-,41+/m1/s1. The smallest absolute Gasteiger partial charge is 0.331 e. The monoisotopic (exact) mass is 777 g/mol. The summed E-state index contributed by atoms with van der Waals surface area (Å²) in [5, 5.41) is 8.54. The molecule has 0 bridgehead atoms. The van der Waals surface area contributed by atoms with Gasteiger partial charge in [0.25, 0.3) is 5.91 Å². The predicted octanol–water partition coefficient (Wildman–Crippen LogP) is 6.95. The minimum Gasteiger partial charge on any atom is -0.460 e. The van der Waals surface area contributed by atoms with E-state index in [4.69, 9.17) is 18.9 Å². The molecule has 0 aliphatic carbocycles. The van der Waals surface area contributed by atoms with Crippen molar-refractivity contribution in [2.45, 2.75) is 167 Å². The molecule has 3 N–H and O–H groups in total. The third kappa shape index (κ3) is 14.9. The average molecular weight is 778 g/mol. The first kappa shape index (κ1) is 44.9. The molecule has 0 saturated carbocycles. The van der Waals surface area contributed by atoms with Gasteiger partial charge in [-0.1, -0.05) is 153 Å². The summed E-state index contributed by atoms with van der Waals surface area (Å²) in [6.45, 7) is 9.77. The maximum absolute atomic E-state index is 14.2. The summed E-state index contributed by atoms with van der Waals surface area (Å²) >= 11 is 0. The van der Waals surface area contributed by atoms with E-state index in [1.807, 2.05) is 81.4 Å². The number of cyclic esters (lactones) is 1. The van der Waals surface area contributed by atoms with Crippen LogP contribution in [0, 0.1) is 11.8 Å². The SMILES string of the molecule is CCCCCCCCCCCCC[C@H]1OC(=O)[C@H](COCc2ccccc2)NC(=O)[C@H]([C@@H](C)OCc2ccccc2)NC(=O)[C@H](C(C)C)NC(=O)[C@H]2O[C@@H]2[C@@H]1C. The number of carbonyl (C=O) groups is 4. The van der Waals surface area contributed by atoms with Gasteiger partial charge in [0.05, 0.1) is 25.9 Å². The predicted molar refractivity (Wildman–Crippen MR) is 216 cm³/mol. The van der Waals surface area contributed by atoms with Gasteiger partial charge < -0.3 is 34.9 Å². The Morgan fingerprint density at radius 1 is 0.661 bits per heavy atom. The van der Waals surface area contributed by atoms with Gasteiger partial charge >= 0.3 is 5.97 Å². The van der Waals surface area contributed by atoms with Crippen molar-refractivity contribution in [2.75, 3.05) is 6.61 Å². The lowest BCUT2D eigenvalue weighted by Crippen LogP contribution is -2.61. The Morgan fingerprint density at radius 3 is 1.79 bits per heavy atom. The van der Waals surface area contributed by atoms with Gasteiger partial charge in [0.15, 0.2) is 12.1 Å². The lowest BCUT2D eigenvalue weighted by Gasteiger charge is -2.30. The van der Waals surface area contributed by atoms with Crippen LogP contribution in [0.3, 0.4) is 0 Å². The summed E-state index contributed by atoms with van der Waals surface area (Å²) in [6.07, 6.45) is 11.1. The van der Waals surface area contributed by atoms with Crippen LogP contribution in [0.2, 0.25) is 0 Å². The number of esters is 1. The summed E-state index contributed by atoms with van der Waals surface area (Å²) in [5.74, 6) is -2.84. The number of unbranched alkanes of at least 4 members (excludes halogenated alkanes) is 10. The van der Waals surface area contributed by atoms with Crippen LogP contribution in [0.5, 0.6) is 0 Å². The Bertz CT molecular complexity index is 1470. The highest BCUT2D eigenvalue weighted by atomic mass is 16.6. The fraction of sp³-hybridized carbons (Fsp3) is 0.644. The number of amides is 3. The lowest BCUT2D eigenvalue weighted by atomic mass is 9.93. The molecule has 3 amide bonds. The third-order valence-corrected chi connectivity index (χ3v) is 10.9. The van der Waals surface area contributed by atoms with Gasteiger partial charge in [-0.3, -0.25) is 14.4 Å². The number of hydrogen-bond acceptors (Lipinski definition) is 8. The molecule has 0 aromatic heterocycles. The second-order valence-electron chi connectivity index (χ2n) is 16.0. The molecule has 0 radical (unpaired) electrons. The van der Waals surface area contributed by atoms with Crippen molar-refractivity contribution in [3.8, 4) is 0 Å². The van der Waals surface area contributed by atoms with E-state index in [0.29, 0.717) is 6.42 Å². The number of epoxide rings is 1. The Kier molecular flexibility index (Phi) is 19.3. The number of fused-ring (bicyclic) bond motifs is 1. The Hall–Kier alpha value is -3.80. The number of carbonyl (C=O) groups excluding carboxylic acids is 4. The molecule has 2 aromatic rings. The van der Waals surface area contributed by atoms with Gasteiger partial charge in [-0.05, 0) is 36.8 Å². The molecule has 11 nitrogen and oxygen atoms in total. The molecule has 11 heteroatoms. The van der Waals surface area contributed by atoms with Crippen LogP contribution in [-0.4, -0.2) is 72.8 Å². The van der Waals surface area contributed by atoms with Crippen molar-refractivity contribution in [3.63, 3.8) is 0 Å². The quantitative estimate of drug-likeness (QED) is 0.0702. The molecule has 4 rings (SSSR count). The maximum atomic E-state index is 14.2. The van der Waals surface area contributed by atoms with Crippen molar-refractivity contribution < 1.29 is 38.1 Å². The Labute approximate surface area is 334 Å². The normalized spacial score (nSPS) is 25.2. The van der Waals surface area contributed by atoms with Crippen LogP contribution >= 0.6 is 0 Å². The number of nitrogens with one attached hydrogen (secondary N) is 3. The van der Waals surface area contributed by atoms with E-state index in [0.717, 1.165) is 30.4 Å². The molecule has 0 spiro atoms. The first-order valence-corrected chi connectivity index (χ1v) is 21.1. The van der Waals surface area contributed by atoms with Crippen molar-refractivity contribution in [1.29, 1.82) is 0 Å². The zero-order chi connectivity index (χ0) is 40.3. The Balaban J connectivity index is 1.52. The number of benzene rings is 2. The molecule has 0 unspecified atom stereocenters. The highest BCUT2D eigenvalue weighted by molar-refractivity contribution is 5.95. The summed E-state index contributed by atoms with van der Waals surface area (Å²) in [6, 6.07) is 15.7. The lowest BCUT2D eigenvalue weighted by molar-refractivity contribution is -0.158. The summed E-state index contributed by atoms with van der Waals surface area (Å²) < 4.78 is 24.3. The number of ether oxygens (including phenoxy) is 4.